The quantitative estimate of drug-likeness (QED) is 0.518. The number of fused-ring (bicyclic) bond motifs is 2. The number of H-pyrrole nitrogens is 1. The first kappa shape index (κ1) is 16.4. The molecule has 0 saturated carbocycles. The first-order valence-corrected chi connectivity index (χ1v) is 9.17. The minimum Gasteiger partial charge on any atom is -0.294 e. The van der Waals surface area contributed by atoms with Crippen LogP contribution in [0.5, 0.6) is 0 Å². The summed E-state index contributed by atoms with van der Waals surface area (Å²) in [5, 5.41) is 9.15. The molecule has 0 amide bonds. The largest absolute Gasteiger partial charge is 0.294 e. The van der Waals surface area contributed by atoms with Crippen molar-refractivity contribution in [2.45, 2.75) is 13.5 Å². The van der Waals surface area contributed by atoms with E-state index in [1.54, 1.807) is 10.9 Å². The smallest absolute Gasteiger partial charge is 0.261 e. The van der Waals surface area contributed by atoms with Crippen LogP contribution >= 0.6 is 0 Å². The Morgan fingerprint density at radius 1 is 0.893 bits per heavy atom. The molecule has 0 aliphatic carbocycles. The lowest BCUT2D eigenvalue weighted by Crippen LogP contribution is -2.21. The van der Waals surface area contributed by atoms with E-state index < -0.39 is 0 Å². The first-order valence-electron chi connectivity index (χ1n) is 9.17. The van der Waals surface area contributed by atoms with Crippen molar-refractivity contribution in [2.24, 2.45) is 0 Å². The van der Waals surface area contributed by atoms with Crippen LogP contribution < -0.4 is 5.56 Å². The van der Waals surface area contributed by atoms with Gasteiger partial charge in [-0.1, -0.05) is 42.5 Å². The van der Waals surface area contributed by atoms with Crippen LogP contribution in [0.15, 0.2) is 77.9 Å². The van der Waals surface area contributed by atoms with Gasteiger partial charge in [-0.05, 0) is 47.9 Å². The predicted octanol–water partition coefficient (Wildman–Crippen LogP) is 4.30. The summed E-state index contributed by atoms with van der Waals surface area (Å²) in [6, 6.07) is 21.9. The Balaban J connectivity index is 1.52. The lowest BCUT2D eigenvalue weighted by molar-refractivity contribution is 0.748. The predicted molar refractivity (Wildman–Crippen MR) is 111 cm³/mol. The van der Waals surface area contributed by atoms with Crippen molar-refractivity contribution in [1.29, 1.82) is 0 Å². The van der Waals surface area contributed by atoms with E-state index in [0.717, 1.165) is 38.8 Å². The summed E-state index contributed by atoms with van der Waals surface area (Å²) in [7, 11) is 0. The highest BCUT2D eigenvalue weighted by Crippen LogP contribution is 2.25. The minimum atomic E-state index is -0.0237. The molecule has 0 bridgehead atoms. The molecule has 0 radical (unpaired) electrons. The second kappa shape index (κ2) is 6.46. The Morgan fingerprint density at radius 3 is 2.68 bits per heavy atom. The maximum atomic E-state index is 12.7. The highest BCUT2D eigenvalue weighted by Gasteiger charge is 2.07. The van der Waals surface area contributed by atoms with Crippen LogP contribution in [-0.2, 0) is 6.54 Å². The minimum absolute atomic E-state index is 0.0237. The Kier molecular flexibility index (Phi) is 3.79. The standard InChI is InChI=1S/C23H18N4O/c1-15-19-10-9-18(12-22(19)26-25-15)17-6-4-5-16(11-17)13-27-14-24-21-8-3-2-7-20(21)23(27)28/h2-12,14H,13H2,1H3,(H,25,26). The Labute approximate surface area is 161 Å². The fourth-order valence-electron chi connectivity index (χ4n) is 3.59. The molecule has 0 aliphatic heterocycles. The molecule has 28 heavy (non-hydrogen) atoms. The van der Waals surface area contributed by atoms with E-state index in [0.29, 0.717) is 11.9 Å². The van der Waals surface area contributed by atoms with Gasteiger partial charge in [-0.2, -0.15) is 5.10 Å². The molecule has 0 aliphatic rings. The Hall–Kier alpha value is -3.73. The molecular formula is C23H18N4O. The number of aromatic amines is 1. The molecular weight excluding hydrogens is 348 g/mol. The molecule has 0 saturated heterocycles. The van der Waals surface area contributed by atoms with Crippen molar-refractivity contribution < 1.29 is 0 Å². The van der Waals surface area contributed by atoms with Gasteiger partial charge in [0.25, 0.3) is 5.56 Å². The summed E-state index contributed by atoms with van der Waals surface area (Å²) in [5.41, 5.74) is 5.97. The molecule has 0 unspecified atom stereocenters. The fourth-order valence-corrected chi connectivity index (χ4v) is 3.59. The summed E-state index contributed by atoms with van der Waals surface area (Å²) in [4.78, 5) is 17.2. The summed E-state index contributed by atoms with van der Waals surface area (Å²) in [5.74, 6) is 0. The number of nitrogens with one attached hydrogen (secondary N) is 1. The van der Waals surface area contributed by atoms with Crippen LogP contribution in [0.1, 0.15) is 11.3 Å². The second-order valence-corrected chi connectivity index (χ2v) is 6.98. The van der Waals surface area contributed by atoms with E-state index in [2.05, 4.69) is 45.5 Å². The molecule has 0 atom stereocenters. The van der Waals surface area contributed by atoms with E-state index in [1.165, 1.54) is 0 Å². The number of benzene rings is 3. The summed E-state index contributed by atoms with van der Waals surface area (Å²) >= 11 is 0. The average molecular weight is 366 g/mol. The van der Waals surface area contributed by atoms with Gasteiger partial charge >= 0.3 is 0 Å². The van der Waals surface area contributed by atoms with Crippen molar-refractivity contribution in [3.63, 3.8) is 0 Å². The van der Waals surface area contributed by atoms with Crippen molar-refractivity contribution >= 4 is 21.8 Å². The van der Waals surface area contributed by atoms with Crippen LogP contribution in [-0.4, -0.2) is 19.7 Å². The maximum Gasteiger partial charge on any atom is 0.261 e. The monoisotopic (exact) mass is 366 g/mol. The third kappa shape index (κ3) is 2.77. The zero-order valence-electron chi connectivity index (χ0n) is 15.4. The molecule has 3 aromatic carbocycles. The summed E-state index contributed by atoms with van der Waals surface area (Å²) in [6.45, 7) is 2.50. The molecule has 5 aromatic rings. The number of rotatable bonds is 3. The van der Waals surface area contributed by atoms with Gasteiger partial charge in [-0.25, -0.2) is 4.98 Å². The molecule has 5 rings (SSSR count). The van der Waals surface area contributed by atoms with Crippen molar-refractivity contribution in [3.8, 4) is 11.1 Å². The SMILES string of the molecule is Cc1[nH]nc2cc(-c3cccc(Cn4cnc5ccccc5c4=O)c3)ccc12. The normalized spacial score (nSPS) is 11.3. The molecule has 136 valence electrons. The topological polar surface area (TPSA) is 63.6 Å². The molecule has 0 spiro atoms. The molecule has 1 N–H and O–H groups in total. The second-order valence-electron chi connectivity index (χ2n) is 6.98. The molecule has 5 nitrogen and oxygen atoms in total. The molecule has 5 heteroatoms. The third-order valence-electron chi connectivity index (χ3n) is 5.09. The number of para-hydroxylation sites is 1. The van der Waals surface area contributed by atoms with E-state index >= 15 is 0 Å². The number of aromatic nitrogens is 4. The van der Waals surface area contributed by atoms with E-state index in [9.17, 15) is 4.79 Å². The maximum absolute atomic E-state index is 12.7. The Bertz CT molecular complexity index is 1380. The number of hydrogen-bond acceptors (Lipinski definition) is 3. The average Bonchev–Trinajstić information content (AvgIpc) is 3.11. The number of nitrogens with zero attached hydrogens (tertiary/aromatic N) is 3. The highest BCUT2D eigenvalue weighted by molar-refractivity contribution is 5.86. The van der Waals surface area contributed by atoms with Crippen molar-refractivity contribution in [1.82, 2.24) is 19.7 Å². The van der Waals surface area contributed by atoms with Gasteiger partial charge in [0.15, 0.2) is 0 Å². The number of hydrogen-bond donors (Lipinski definition) is 1. The van der Waals surface area contributed by atoms with Gasteiger partial charge in [0.1, 0.15) is 0 Å². The van der Waals surface area contributed by atoms with Crippen molar-refractivity contribution in [3.05, 3.63) is 94.7 Å². The van der Waals surface area contributed by atoms with Crippen LogP contribution in [0.2, 0.25) is 0 Å². The lowest BCUT2D eigenvalue weighted by Gasteiger charge is -2.09. The van der Waals surface area contributed by atoms with Crippen molar-refractivity contribution in [2.75, 3.05) is 0 Å². The molecule has 2 aromatic heterocycles. The lowest BCUT2D eigenvalue weighted by atomic mass is 10.0. The van der Waals surface area contributed by atoms with Gasteiger partial charge in [-0.3, -0.25) is 14.5 Å². The van der Waals surface area contributed by atoms with E-state index in [1.807, 2.05) is 43.3 Å². The van der Waals surface area contributed by atoms with Crippen LogP contribution in [0, 0.1) is 6.92 Å². The van der Waals surface area contributed by atoms with Gasteiger partial charge < -0.3 is 0 Å². The van der Waals surface area contributed by atoms with Gasteiger partial charge in [-0.15, -0.1) is 0 Å². The fraction of sp³-hybridized carbons (Fsp3) is 0.0870. The Morgan fingerprint density at radius 2 is 1.75 bits per heavy atom. The third-order valence-corrected chi connectivity index (χ3v) is 5.09. The van der Waals surface area contributed by atoms with Crippen LogP contribution in [0.4, 0.5) is 0 Å². The summed E-state index contributed by atoms with van der Waals surface area (Å²) in [6.07, 6.45) is 1.62. The highest BCUT2D eigenvalue weighted by atomic mass is 16.1. The zero-order valence-corrected chi connectivity index (χ0v) is 15.4. The molecule has 2 heterocycles. The zero-order chi connectivity index (χ0) is 19.1. The van der Waals surface area contributed by atoms with Gasteiger partial charge in [0, 0.05) is 11.1 Å². The van der Waals surface area contributed by atoms with E-state index in [4.69, 9.17) is 0 Å². The van der Waals surface area contributed by atoms with Crippen LogP contribution in [0.3, 0.4) is 0 Å². The summed E-state index contributed by atoms with van der Waals surface area (Å²) < 4.78 is 1.65. The molecule has 0 fully saturated rings. The van der Waals surface area contributed by atoms with Gasteiger partial charge in [0.05, 0.1) is 29.3 Å². The number of aryl methyl sites for hydroxylation is 1. The van der Waals surface area contributed by atoms with E-state index in [-0.39, 0.29) is 5.56 Å². The van der Waals surface area contributed by atoms with Crippen LogP contribution in [0.25, 0.3) is 32.9 Å². The van der Waals surface area contributed by atoms with Gasteiger partial charge in [0.2, 0.25) is 0 Å². The first-order chi connectivity index (χ1) is 13.7.